The van der Waals surface area contributed by atoms with E-state index in [0.717, 1.165) is 4.57 Å². The number of thiophene rings is 1. The van der Waals surface area contributed by atoms with Crippen molar-refractivity contribution in [2.75, 3.05) is 13.7 Å². The number of ether oxygens (including phenoxy) is 1. The normalized spacial score (nSPS) is 11.2. The smallest absolute Gasteiger partial charge is 0.333 e. The number of aromatic nitrogens is 5. The fourth-order valence-corrected chi connectivity index (χ4v) is 5.57. The Bertz CT molecular complexity index is 1720. The molecule has 0 radical (unpaired) electrons. The summed E-state index contributed by atoms with van der Waals surface area (Å²) in [5.41, 5.74) is -1.50. The van der Waals surface area contributed by atoms with Gasteiger partial charge in [-0.1, -0.05) is 11.3 Å². The standard InChI is InChI=1S/C25H29FN6O4S.C3H5NO/c1-14(2)29-23(34)25(4,5)32-20(33)19-15(3)21(31-13-27-12-28-31)37-22(19)30(24(32)35)10-9-16-11-17(26)7-8-18(16)36-6;4-2-1-3-5/h7-8,11-14H,9-10H2,1-6H3,(H,29,34);5H,1,3H2. The van der Waals surface area contributed by atoms with Gasteiger partial charge in [0, 0.05) is 18.2 Å². The lowest BCUT2D eigenvalue weighted by molar-refractivity contribution is -0.129. The molecule has 0 fully saturated rings. The number of aliphatic hydroxyl groups is 1. The highest BCUT2D eigenvalue weighted by molar-refractivity contribution is 7.21. The van der Waals surface area contributed by atoms with E-state index < -0.39 is 28.5 Å². The van der Waals surface area contributed by atoms with E-state index in [-0.39, 0.29) is 32.0 Å². The van der Waals surface area contributed by atoms with Crippen molar-refractivity contribution in [3.05, 3.63) is 68.6 Å². The van der Waals surface area contributed by atoms with E-state index in [1.807, 2.05) is 0 Å². The third-order valence-corrected chi connectivity index (χ3v) is 7.72. The number of aliphatic hydroxyl groups excluding tert-OH is 1. The van der Waals surface area contributed by atoms with Crippen LogP contribution in [0.4, 0.5) is 4.39 Å². The van der Waals surface area contributed by atoms with E-state index in [2.05, 4.69) is 15.4 Å². The molecule has 1 amide bonds. The van der Waals surface area contributed by atoms with E-state index >= 15 is 0 Å². The second-order valence-corrected chi connectivity index (χ2v) is 11.1. The van der Waals surface area contributed by atoms with Gasteiger partial charge in [-0.05, 0) is 64.8 Å². The van der Waals surface area contributed by atoms with Crippen LogP contribution in [0.1, 0.15) is 45.2 Å². The SMILES string of the molecule is COc1ccc(F)cc1CCn1c(=O)n(C(C)(C)C(=O)NC(C)C)c(=O)c2c(C)c(-n3cncn3)sc21.N#CCCO. The molecule has 12 nitrogen and oxygen atoms in total. The minimum Gasteiger partial charge on any atom is -0.496 e. The summed E-state index contributed by atoms with van der Waals surface area (Å²) >= 11 is 1.23. The molecule has 0 atom stereocenters. The number of nitrogens with one attached hydrogen (secondary N) is 1. The van der Waals surface area contributed by atoms with Gasteiger partial charge in [0.2, 0.25) is 5.91 Å². The van der Waals surface area contributed by atoms with Gasteiger partial charge < -0.3 is 15.2 Å². The van der Waals surface area contributed by atoms with Crippen LogP contribution in [0.2, 0.25) is 0 Å². The fourth-order valence-electron chi connectivity index (χ4n) is 4.32. The van der Waals surface area contributed by atoms with Crippen molar-refractivity contribution in [3.8, 4) is 16.8 Å². The molecule has 3 aromatic heterocycles. The summed E-state index contributed by atoms with van der Waals surface area (Å²) in [7, 11) is 1.49. The molecule has 0 aliphatic rings. The van der Waals surface area contributed by atoms with Gasteiger partial charge in [0.25, 0.3) is 5.56 Å². The first-order valence-electron chi connectivity index (χ1n) is 13.1. The molecule has 0 spiro atoms. The van der Waals surface area contributed by atoms with E-state index in [4.69, 9.17) is 15.1 Å². The molecule has 4 aromatic rings. The summed E-state index contributed by atoms with van der Waals surface area (Å²) < 4.78 is 23.4. The van der Waals surface area contributed by atoms with Crippen molar-refractivity contribution in [1.29, 1.82) is 5.26 Å². The number of halogens is 1. The minimum atomic E-state index is -1.48. The Labute approximate surface area is 245 Å². The van der Waals surface area contributed by atoms with E-state index in [9.17, 15) is 18.8 Å². The van der Waals surface area contributed by atoms with Crippen LogP contribution in [0.3, 0.4) is 0 Å². The van der Waals surface area contributed by atoms with Crippen molar-refractivity contribution in [1.82, 2.24) is 29.2 Å². The van der Waals surface area contributed by atoms with Crippen LogP contribution < -0.4 is 21.3 Å². The third-order valence-electron chi connectivity index (χ3n) is 6.42. The molecule has 3 heterocycles. The summed E-state index contributed by atoms with van der Waals surface area (Å²) in [5, 5.41) is 23.4. The number of carbonyl (C=O) groups is 1. The summed E-state index contributed by atoms with van der Waals surface area (Å²) in [6.45, 7) is 8.56. The number of hydrogen-bond donors (Lipinski definition) is 2. The predicted octanol–water partition coefficient (Wildman–Crippen LogP) is 2.66. The highest BCUT2D eigenvalue weighted by Gasteiger charge is 2.35. The Morgan fingerprint density at radius 2 is 2.02 bits per heavy atom. The lowest BCUT2D eigenvalue weighted by Gasteiger charge is -2.27. The average Bonchev–Trinajstić information content (AvgIpc) is 3.57. The van der Waals surface area contributed by atoms with Gasteiger partial charge in [0.05, 0.1) is 31.6 Å². The number of hydrogen-bond acceptors (Lipinski definition) is 9. The molecule has 4 rings (SSSR count). The number of fused-ring (bicyclic) bond motifs is 1. The highest BCUT2D eigenvalue weighted by Crippen LogP contribution is 2.31. The van der Waals surface area contributed by atoms with Crippen LogP contribution in [0.15, 0.2) is 40.4 Å². The first kappa shape index (κ1) is 32.2. The predicted molar refractivity (Wildman–Crippen MR) is 157 cm³/mol. The first-order valence-corrected chi connectivity index (χ1v) is 14.0. The van der Waals surface area contributed by atoms with Gasteiger partial charge in [-0.2, -0.15) is 10.4 Å². The van der Waals surface area contributed by atoms with Gasteiger partial charge in [-0.3, -0.25) is 14.2 Å². The van der Waals surface area contributed by atoms with Crippen LogP contribution >= 0.6 is 11.3 Å². The number of nitrogens with zero attached hydrogens (tertiary/aromatic N) is 6. The zero-order chi connectivity index (χ0) is 31.2. The Balaban J connectivity index is 0.000000892. The number of benzene rings is 1. The molecule has 14 heteroatoms. The highest BCUT2D eigenvalue weighted by atomic mass is 32.1. The topological polar surface area (TPSA) is 157 Å². The van der Waals surface area contributed by atoms with Crippen molar-refractivity contribution in [2.24, 2.45) is 0 Å². The second kappa shape index (κ2) is 13.5. The monoisotopic (exact) mass is 599 g/mol. The maximum Gasteiger partial charge on any atom is 0.333 e. The first-order chi connectivity index (χ1) is 19.9. The van der Waals surface area contributed by atoms with Gasteiger partial charge >= 0.3 is 5.69 Å². The largest absolute Gasteiger partial charge is 0.496 e. The quantitative estimate of drug-likeness (QED) is 0.297. The lowest BCUT2D eigenvalue weighted by atomic mass is 10.0. The van der Waals surface area contributed by atoms with Gasteiger partial charge in [-0.15, -0.1) is 0 Å². The zero-order valence-corrected chi connectivity index (χ0v) is 25.2. The average molecular weight is 600 g/mol. The number of rotatable bonds is 9. The molecule has 1 aromatic carbocycles. The second-order valence-electron chi connectivity index (χ2n) is 10.2. The molecule has 2 N–H and O–H groups in total. The molecule has 0 saturated carbocycles. The summed E-state index contributed by atoms with van der Waals surface area (Å²) in [6, 6.07) is 5.77. The van der Waals surface area contributed by atoms with Crippen LogP contribution in [0, 0.1) is 24.1 Å². The maximum absolute atomic E-state index is 14.0. The van der Waals surface area contributed by atoms with Crippen molar-refractivity contribution in [2.45, 2.75) is 65.6 Å². The van der Waals surface area contributed by atoms with E-state index in [1.54, 1.807) is 40.7 Å². The Morgan fingerprint density at radius 1 is 1.31 bits per heavy atom. The molecule has 224 valence electrons. The summed E-state index contributed by atoms with van der Waals surface area (Å²) in [4.78, 5) is 45.3. The maximum atomic E-state index is 14.0. The van der Waals surface area contributed by atoms with E-state index in [0.29, 0.717) is 32.1 Å². The molecule has 0 bridgehead atoms. The molecule has 42 heavy (non-hydrogen) atoms. The van der Waals surface area contributed by atoms with Crippen molar-refractivity contribution < 1.29 is 19.0 Å². The molecular formula is C28H34FN7O5S. The zero-order valence-electron chi connectivity index (χ0n) is 24.3. The number of carbonyl (C=O) groups excluding carboxylic acids is 1. The van der Waals surface area contributed by atoms with E-state index in [1.165, 1.54) is 58.5 Å². The van der Waals surface area contributed by atoms with Crippen LogP contribution in [0.25, 0.3) is 15.2 Å². The Hall–Kier alpha value is -4.35. The van der Waals surface area contributed by atoms with Crippen LogP contribution in [-0.4, -0.2) is 54.7 Å². The van der Waals surface area contributed by atoms with Crippen LogP contribution in [0.5, 0.6) is 5.75 Å². The summed E-state index contributed by atoms with van der Waals surface area (Å²) in [5.74, 6) is -0.393. The van der Waals surface area contributed by atoms with Crippen molar-refractivity contribution in [3.63, 3.8) is 0 Å². The van der Waals surface area contributed by atoms with Crippen LogP contribution in [-0.2, 0) is 23.3 Å². The Morgan fingerprint density at radius 3 is 2.57 bits per heavy atom. The number of amides is 1. The number of methoxy groups -OCH3 is 1. The third kappa shape index (κ3) is 6.58. The number of nitriles is 1. The van der Waals surface area contributed by atoms with Gasteiger partial charge in [0.1, 0.15) is 39.6 Å². The molecular weight excluding hydrogens is 565 g/mol. The van der Waals surface area contributed by atoms with Gasteiger partial charge in [0.15, 0.2) is 0 Å². The summed E-state index contributed by atoms with van der Waals surface area (Å²) in [6.07, 6.45) is 3.39. The Kier molecular flexibility index (Phi) is 10.4. The molecule has 0 aliphatic heterocycles. The molecule has 0 aliphatic carbocycles. The van der Waals surface area contributed by atoms with Crippen molar-refractivity contribution >= 4 is 27.5 Å². The number of aryl methyl sites for hydroxylation is 3. The lowest BCUT2D eigenvalue weighted by Crippen LogP contribution is -2.56. The minimum absolute atomic E-state index is 0.0174. The molecule has 0 saturated heterocycles. The molecule has 0 unspecified atom stereocenters. The fraction of sp³-hybridized carbons (Fsp3) is 0.429. The van der Waals surface area contributed by atoms with Gasteiger partial charge in [-0.25, -0.2) is 23.4 Å².